The molecule has 4 heterocycles. The van der Waals surface area contributed by atoms with E-state index in [4.69, 9.17) is 4.52 Å². The maximum Gasteiger partial charge on any atom is 0.229 e. The number of fused-ring (bicyclic) bond motifs is 1. The summed E-state index contributed by atoms with van der Waals surface area (Å²) >= 11 is 0. The molecule has 2 unspecified atom stereocenters. The predicted octanol–water partition coefficient (Wildman–Crippen LogP) is 2.82. The van der Waals surface area contributed by atoms with Crippen LogP contribution in [0.3, 0.4) is 0 Å². The van der Waals surface area contributed by atoms with Crippen molar-refractivity contribution in [2.24, 2.45) is 11.8 Å². The lowest BCUT2D eigenvalue weighted by Crippen LogP contribution is -2.29. The molecule has 0 aromatic carbocycles. The molecule has 7 nitrogen and oxygen atoms in total. The Bertz CT molecular complexity index is 787. The highest BCUT2D eigenvalue weighted by molar-refractivity contribution is 5.41. The number of likely N-dealkylation sites (tertiary alicyclic amines) is 1. The summed E-state index contributed by atoms with van der Waals surface area (Å²) in [5.41, 5.74) is 1.12. The van der Waals surface area contributed by atoms with Gasteiger partial charge in [0.1, 0.15) is 12.1 Å². The Labute approximate surface area is 160 Å². The van der Waals surface area contributed by atoms with Gasteiger partial charge < -0.3 is 9.42 Å². The van der Waals surface area contributed by atoms with Gasteiger partial charge in [0.15, 0.2) is 5.82 Å². The Balaban J connectivity index is 1.18. The average molecular weight is 368 g/mol. The largest absolute Gasteiger partial charge is 0.356 e. The van der Waals surface area contributed by atoms with Crippen LogP contribution in [-0.2, 0) is 6.54 Å². The summed E-state index contributed by atoms with van der Waals surface area (Å²) < 4.78 is 5.47. The van der Waals surface area contributed by atoms with Gasteiger partial charge in [-0.3, -0.25) is 4.90 Å². The van der Waals surface area contributed by atoms with E-state index >= 15 is 0 Å². The normalized spacial score (nSPS) is 26.0. The van der Waals surface area contributed by atoms with Crippen molar-refractivity contribution in [1.29, 1.82) is 0 Å². The molecule has 27 heavy (non-hydrogen) atoms. The Morgan fingerprint density at radius 1 is 1.11 bits per heavy atom. The third kappa shape index (κ3) is 3.33. The third-order valence-corrected chi connectivity index (χ3v) is 6.45. The lowest BCUT2D eigenvalue weighted by Gasteiger charge is -2.22. The minimum Gasteiger partial charge on any atom is -0.356 e. The number of hydrogen-bond donors (Lipinski definition) is 0. The van der Waals surface area contributed by atoms with E-state index in [1.807, 2.05) is 0 Å². The van der Waals surface area contributed by atoms with Crippen LogP contribution in [-0.4, -0.2) is 51.2 Å². The molecule has 2 saturated heterocycles. The lowest BCUT2D eigenvalue weighted by molar-refractivity contribution is 0.278. The molecule has 0 spiro atoms. The lowest BCUT2D eigenvalue weighted by atomic mass is 9.85. The van der Waals surface area contributed by atoms with Crippen molar-refractivity contribution in [3.63, 3.8) is 0 Å². The van der Waals surface area contributed by atoms with Gasteiger partial charge >= 0.3 is 0 Å². The summed E-state index contributed by atoms with van der Waals surface area (Å²) in [7, 11) is 0. The van der Waals surface area contributed by atoms with Crippen LogP contribution in [0.2, 0.25) is 0 Å². The first-order chi connectivity index (χ1) is 13.2. The molecule has 2 aliphatic heterocycles. The van der Waals surface area contributed by atoms with E-state index < -0.39 is 0 Å². The van der Waals surface area contributed by atoms with Crippen molar-refractivity contribution in [3.8, 4) is 0 Å². The Kier molecular flexibility index (Phi) is 4.34. The first-order valence-electron chi connectivity index (χ1n) is 10.3. The monoisotopic (exact) mass is 368 g/mol. The Morgan fingerprint density at radius 2 is 1.89 bits per heavy atom. The van der Waals surface area contributed by atoms with Gasteiger partial charge in [-0.2, -0.15) is 4.98 Å². The molecule has 2 aromatic heterocycles. The molecular formula is C20H28N6O. The van der Waals surface area contributed by atoms with Crippen LogP contribution in [0, 0.1) is 11.8 Å². The van der Waals surface area contributed by atoms with E-state index in [9.17, 15) is 0 Å². The fourth-order valence-electron chi connectivity index (χ4n) is 4.61. The predicted molar refractivity (Wildman–Crippen MR) is 101 cm³/mol. The second kappa shape index (κ2) is 6.86. The van der Waals surface area contributed by atoms with Crippen molar-refractivity contribution >= 4 is 5.82 Å². The number of rotatable bonds is 5. The van der Waals surface area contributed by atoms with Gasteiger partial charge in [0.05, 0.1) is 6.54 Å². The van der Waals surface area contributed by atoms with Gasteiger partial charge in [-0.25, -0.2) is 9.97 Å². The molecule has 144 valence electrons. The minimum atomic E-state index is 0.434. The van der Waals surface area contributed by atoms with Gasteiger partial charge in [-0.1, -0.05) is 25.4 Å². The smallest absolute Gasteiger partial charge is 0.229 e. The highest BCUT2D eigenvalue weighted by Crippen LogP contribution is 2.36. The summed E-state index contributed by atoms with van der Waals surface area (Å²) in [5.74, 6) is 5.13. The first-order valence-corrected chi connectivity index (χ1v) is 10.3. The van der Waals surface area contributed by atoms with E-state index in [1.54, 1.807) is 6.33 Å². The molecular weight excluding hydrogens is 340 g/mol. The van der Waals surface area contributed by atoms with Gasteiger partial charge in [0, 0.05) is 43.9 Å². The zero-order valence-corrected chi connectivity index (χ0v) is 16.2. The molecule has 3 aliphatic rings. The van der Waals surface area contributed by atoms with Gasteiger partial charge in [-0.05, 0) is 30.6 Å². The molecule has 2 atom stereocenters. The summed E-state index contributed by atoms with van der Waals surface area (Å²) in [6.07, 6.45) is 5.40. The quantitative estimate of drug-likeness (QED) is 0.803. The fraction of sp³-hybridized carbons (Fsp3) is 0.700. The molecule has 2 aromatic rings. The van der Waals surface area contributed by atoms with Crippen LogP contribution in [0.4, 0.5) is 5.82 Å². The maximum absolute atomic E-state index is 5.47. The second-order valence-electron chi connectivity index (χ2n) is 8.75. The standard InChI is InChI=1S/C20H28N6O/c1-13(2)17-6-19(22-12-21-17)26-9-15-7-25(8-16(15)10-26)11-18-23-20(27-24-18)14-4-3-5-14/h6,12-16H,3-5,7-11H2,1-2H3. The highest BCUT2D eigenvalue weighted by atomic mass is 16.5. The van der Waals surface area contributed by atoms with Crippen LogP contribution >= 0.6 is 0 Å². The van der Waals surface area contributed by atoms with Crippen LogP contribution in [0.15, 0.2) is 16.9 Å². The number of anilines is 1. The molecule has 5 rings (SSSR count). The number of nitrogens with zero attached hydrogens (tertiary/aromatic N) is 6. The zero-order valence-electron chi connectivity index (χ0n) is 16.2. The molecule has 0 bridgehead atoms. The van der Waals surface area contributed by atoms with E-state index in [1.165, 1.54) is 19.3 Å². The molecule has 0 radical (unpaired) electrons. The van der Waals surface area contributed by atoms with Crippen molar-refractivity contribution in [2.45, 2.75) is 51.5 Å². The van der Waals surface area contributed by atoms with Gasteiger partial charge in [0.2, 0.25) is 5.89 Å². The van der Waals surface area contributed by atoms with Crippen molar-refractivity contribution < 1.29 is 4.52 Å². The number of hydrogen-bond acceptors (Lipinski definition) is 7. The minimum absolute atomic E-state index is 0.434. The molecule has 1 saturated carbocycles. The Morgan fingerprint density at radius 3 is 2.56 bits per heavy atom. The Hall–Kier alpha value is -2.02. The summed E-state index contributed by atoms with van der Waals surface area (Å²) in [6, 6.07) is 2.16. The van der Waals surface area contributed by atoms with Crippen molar-refractivity contribution in [1.82, 2.24) is 25.0 Å². The van der Waals surface area contributed by atoms with E-state index in [2.05, 4.69) is 49.8 Å². The molecule has 0 amide bonds. The highest BCUT2D eigenvalue weighted by Gasteiger charge is 2.40. The molecule has 3 fully saturated rings. The van der Waals surface area contributed by atoms with E-state index in [-0.39, 0.29) is 0 Å². The van der Waals surface area contributed by atoms with E-state index in [0.29, 0.717) is 23.7 Å². The second-order valence-corrected chi connectivity index (χ2v) is 8.75. The molecule has 0 N–H and O–H groups in total. The first kappa shape index (κ1) is 17.1. The van der Waals surface area contributed by atoms with E-state index in [0.717, 1.165) is 56.0 Å². The maximum atomic E-state index is 5.47. The van der Waals surface area contributed by atoms with Crippen LogP contribution in [0.1, 0.15) is 62.4 Å². The third-order valence-electron chi connectivity index (χ3n) is 6.45. The van der Waals surface area contributed by atoms with Crippen LogP contribution < -0.4 is 4.90 Å². The topological polar surface area (TPSA) is 71.2 Å². The fourth-order valence-corrected chi connectivity index (χ4v) is 4.61. The summed E-state index contributed by atoms with van der Waals surface area (Å²) in [4.78, 5) is 18.5. The molecule has 1 aliphatic carbocycles. The van der Waals surface area contributed by atoms with Crippen molar-refractivity contribution in [3.05, 3.63) is 29.8 Å². The van der Waals surface area contributed by atoms with Gasteiger partial charge in [0.25, 0.3) is 0 Å². The SMILES string of the molecule is CC(C)c1cc(N2CC3CN(Cc4noc(C5CCC5)n4)CC3C2)ncn1. The average Bonchev–Trinajstić information content (AvgIpc) is 3.29. The molecule has 7 heteroatoms. The van der Waals surface area contributed by atoms with Crippen molar-refractivity contribution in [2.75, 3.05) is 31.1 Å². The van der Waals surface area contributed by atoms with Gasteiger partial charge in [-0.15, -0.1) is 0 Å². The summed E-state index contributed by atoms with van der Waals surface area (Å²) in [6.45, 7) is 9.54. The van der Waals surface area contributed by atoms with Crippen LogP contribution in [0.25, 0.3) is 0 Å². The zero-order chi connectivity index (χ0) is 18.4. The summed E-state index contributed by atoms with van der Waals surface area (Å²) in [5, 5.41) is 4.21. The van der Waals surface area contributed by atoms with Crippen LogP contribution in [0.5, 0.6) is 0 Å². The number of aromatic nitrogens is 4.